The van der Waals surface area contributed by atoms with E-state index in [2.05, 4.69) is 20.3 Å². The first kappa shape index (κ1) is 16.8. The first-order chi connectivity index (χ1) is 13.3. The van der Waals surface area contributed by atoms with Crippen LogP contribution in [0.3, 0.4) is 0 Å². The van der Waals surface area contributed by atoms with Crippen LogP contribution >= 0.6 is 0 Å². The molecule has 1 aromatic carbocycles. The molecule has 0 saturated heterocycles. The van der Waals surface area contributed by atoms with Gasteiger partial charge in [0.2, 0.25) is 5.88 Å². The molecule has 0 unspecified atom stereocenters. The molecule has 3 heterocycles. The van der Waals surface area contributed by atoms with Crippen LogP contribution in [0.4, 0.5) is 11.5 Å². The highest BCUT2D eigenvalue weighted by Gasteiger charge is 2.03. The van der Waals surface area contributed by atoms with E-state index in [-0.39, 0.29) is 0 Å². The van der Waals surface area contributed by atoms with E-state index in [1.165, 1.54) is 0 Å². The SMILES string of the molecule is COc1ccc(Nc2ccc3cc(OCc4ccncc4)ccc3n2)cn1. The molecule has 6 nitrogen and oxygen atoms in total. The third-order valence-corrected chi connectivity index (χ3v) is 4.03. The molecule has 6 heteroatoms. The van der Waals surface area contributed by atoms with Crippen molar-refractivity contribution in [2.24, 2.45) is 0 Å². The predicted molar refractivity (Wildman–Crippen MR) is 104 cm³/mol. The largest absolute Gasteiger partial charge is 0.489 e. The minimum atomic E-state index is 0.506. The van der Waals surface area contributed by atoms with Gasteiger partial charge in [-0.3, -0.25) is 4.98 Å². The van der Waals surface area contributed by atoms with Crippen molar-refractivity contribution >= 4 is 22.4 Å². The lowest BCUT2D eigenvalue weighted by Gasteiger charge is -2.09. The fourth-order valence-corrected chi connectivity index (χ4v) is 2.63. The zero-order chi connectivity index (χ0) is 18.5. The fraction of sp³-hybridized carbons (Fsp3) is 0.0952. The van der Waals surface area contributed by atoms with E-state index in [1.54, 1.807) is 31.8 Å². The molecule has 0 aliphatic heterocycles. The molecule has 0 fully saturated rings. The Bertz CT molecular complexity index is 1040. The number of rotatable bonds is 6. The van der Waals surface area contributed by atoms with E-state index in [1.807, 2.05) is 48.5 Å². The van der Waals surface area contributed by atoms with Crippen molar-refractivity contribution in [3.05, 3.63) is 78.8 Å². The van der Waals surface area contributed by atoms with Crippen LogP contribution in [0.15, 0.2) is 73.2 Å². The van der Waals surface area contributed by atoms with Crippen LogP contribution in [-0.4, -0.2) is 22.1 Å². The molecule has 0 saturated carbocycles. The number of hydrogen-bond donors (Lipinski definition) is 1. The Balaban J connectivity index is 1.47. The smallest absolute Gasteiger partial charge is 0.213 e. The molecule has 0 atom stereocenters. The van der Waals surface area contributed by atoms with Gasteiger partial charge in [-0.15, -0.1) is 0 Å². The van der Waals surface area contributed by atoms with Gasteiger partial charge in [0.15, 0.2) is 0 Å². The average molecular weight is 358 g/mol. The highest BCUT2D eigenvalue weighted by molar-refractivity contribution is 5.82. The highest BCUT2D eigenvalue weighted by atomic mass is 16.5. The second-order valence-corrected chi connectivity index (χ2v) is 5.91. The van der Waals surface area contributed by atoms with Gasteiger partial charge in [0.25, 0.3) is 0 Å². The van der Waals surface area contributed by atoms with Gasteiger partial charge >= 0.3 is 0 Å². The van der Waals surface area contributed by atoms with Crippen molar-refractivity contribution in [2.75, 3.05) is 12.4 Å². The van der Waals surface area contributed by atoms with Gasteiger partial charge in [0.1, 0.15) is 18.2 Å². The number of pyridine rings is 3. The molecule has 134 valence electrons. The first-order valence-corrected chi connectivity index (χ1v) is 8.50. The topological polar surface area (TPSA) is 69.2 Å². The van der Waals surface area contributed by atoms with Crippen LogP contribution < -0.4 is 14.8 Å². The summed E-state index contributed by atoms with van der Waals surface area (Å²) in [4.78, 5) is 12.8. The maximum atomic E-state index is 5.86. The van der Waals surface area contributed by atoms with Crippen LogP contribution in [0.2, 0.25) is 0 Å². The number of nitrogens with zero attached hydrogens (tertiary/aromatic N) is 3. The second kappa shape index (κ2) is 7.70. The van der Waals surface area contributed by atoms with Crippen molar-refractivity contribution < 1.29 is 9.47 Å². The summed E-state index contributed by atoms with van der Waals surface area (Å²) in [5.74, 6) is 2.13. The summed E-state index contributed by atoms with van der Waals surface area (Å²) in [7, 11) is 1.59. The van der Waals surface area contributed by atoms with Crippen LogP contribution in [0.1, 0.15) is 5.56 Å². The Morgan fingerprint density at radius 3 is 2.63 bits per heavy atom. The quantitative estimate of drug-likeness (QED) is 0.552. The summed E-state index contributed by atoms with van der Waals surface area (Å²) in [6.07, 6.45) is 5.23. The molecule has 27 heavy (non-hydrogen) atoms. The standard InChI is InChI=1S/C21H18N4O2/c1-26-21-7-3-17(13-23-21)24-20-6-2-16-12-18(4-5-19(16)25-20)27-14-15-8-10-22-11-9-15/h2-13H,14H2,1H3,(H,24,25). The maximum Gasteiger partial charge on any atom is 0.213 e. The molecule has 0 aliphatic carbocycles. The molecule has 1 N–H and O–H groups in total. The maximum absolute atomic E-state index is 5.86. The third-order valence-electron chi connectivity index (χ3n) is 4.03. The molecule has 0 amide bonds. The van der Waals surface area contributed by atoms with Crippen molar-refractivity contribution in [2.45, 2.75) is 6.61 Å². The van der Waals surface area contributed by atoms with E-state index in [0.717, 1.165) is 33.7 Å². The van der Waals surface area contributed by atoms with Crippen LogP contribution in [-0.2, 0) is 6.61 Å². The first-order valence-electron chi connectivity index (χ1n) is 8.50. The fourth-order valence-electron chi connectivity index (χ4n) is 2.63. The molecule has 0 aliphatic rings. The van der Waals surface area contributed by atoms with Gasteiger partial charge in [-0.05, 0) is 54.1 Å². The van der Waals surface area contributed by atoms with Gasteiger partial charge in [-0.1, -0.05) is 0 Å². The third kappa shape index (κ3) is 4.12. The Labute approximate surface area is 156 Å². The summed E-state index contributed by atoms with van der Waals surface area (Å²) >= 11 is 0. The van der Waals surface area contributed by atoms with Crippen molar-refractivity contribution in [3.63, 3.8) is 0 Å². The Kier molecular flexibility index (Phi) is 4.78. The normalized spacial score (nSPS) is 10.6. The lowest BCUT2D eigenvalue weighted by Crippen LogP contribution is -1.97. The van der Waals surface area contributed by atoms with E-state index < -0.39 is 0 Å². The molecule has 0 radical (unpaired) electrons. The minimum absolute atomic E-state index is 0.506. The van der Waals surface area contributed by atoms with Crippen LogP contribution in [0.25, 0.3) is 10.9 Å². The van der Waals surface area contributed by atoms with Gasteiger partial charge in [0.05, 0.1) is 24.5 Å². The predicted octanol–water partition coefficient (Wildman–Crippen LogP) is 4.36. The summed E-state index contributed by atoms with van der Waals surface area (Å²) in [6, 6.07) is 17.4. The summed E-state index contributed by atoms with van der Waals surface area (Å²) in [5, 5.41) is 4.26. The molecule has 0 bridgehead atoms. The van der Waals surface area contributed by atoms with E-state index in [0.29, 0.717) is 12.5 Å². The number of ether oxygens (including phenoxy) is 2. The number of aromatic nitrogens is 3. The van der Waals surface area contributed by atoms with E-state index in [9.17, 15) is 0 Å². The molecular formula is C21H18N4O2. The highest BCUT2D eigenvalue weighted by Crippen LogP contribution is 2.23. The molecule has 0 spiro atoms. The Morgan fingerprint density at radius 2 is 1.85 bits per heavy atom. The van der Waals surface area contributed by atoms with Crippen molar-refractivity contribution in [1.82, 2.24) is 15.0 Å². The van der Waals surface area contributed by atoms with Crippen molar-refractivity contribution in [3.8, 4) is 11.6 Å². The molecule has 4 rings (SSSR count). The monoisotopic (exact) mass is 358 g/mol. The summed E-state index contributed by atoms with van der Waals surface area (Å²) < 4.78 is 10.9. The number of nitrogens with one attached hydrogen (secondary N) is 1. The zero-order valence-electron chi connectivity index (χ0n) is 14.8. The molecule has 4 aromatic rings. The van der Waals surface area contributed by atoms with Gasteiger partial charge in [-0.2, -0.15) is 0 Å². The molecule has 3 aromatic heterocycles. The number of fused-ring (bicyclic) bond motifs is 1. The summed E-state index contributed by atoms with van der Waals surface area (Å²) in [5.41, 5.74) is 2.81. The Hall–Kier alpha value is -3.67. The average Bonchev–Trinajstić information content (AvgIpc) is 2.73. The zero-order valence-corrected chi connectivity index (χ0v) is 14.8. The van der Waals surface area contributed by atoms with E-state index >= 15 is 0 Å². The van der Waals surface area contributed by atoms with Crippen molar-refractivity contribution in [1.29, 1.82) is 0 Å². The minimum Gasteiger partial charge on any atom is -0.489 e. The second-order valence-electron chi connectivity index (χ2n) is 5.91. The Morgan fingerprint density at radius 1 is 0.963 bits per heavy atom. The number of benzene rings is 1. The van der Waals surface area contributed by atoms with Gasteiger partial charge in [0, 0.05) is 23.8 Å². The summed E-state index contributed by atoms with van der Waals surface area (Å²) in [6.45, 7) is 0.506. The number of hydrogen-bond acceptors (Lipinski definition) is 6. The van der Waals surface area contributed by atoms with Crippen LogP contribution in [0, 0.1) is 0 Å². The molecular weight excluding hydrogens is 340 g/mol. The number of methoxy groups -OCH3 is 1. The lowest BCUT2D eigenvalue weighted by atomic mass is 10.2. The van der Waals surface area contributed by atoms with Crippen LogP contribution in [0.5, 0.6) is 11.6 Å². The number of anilines is 2. The van der Waals surface area contributed by atoms with Gasteiger partial charge in [-0.25, -0.2) is 9.97 Å². The van der Waals surface area contributed by atoms with Gasteiger partial charge < -0.3 is 14.8 Å². The lowest BCUT2D eigenvalue weighted by molar-refractivity contribution is 0.306. The van der Waals surface area contributed by atoms with E-state index in [4.69, 9.17) is 9.47 Å².